The van der Waals surface area contributed by atoms with Crippen molar-refractivity contribution in [3.63, 3.8) is 0 Å². The second-order valence-electron chi connectivity index (χ2n) is 7.83. The molecular formula is C21H44O4S. The quantitative estimate of drug-likeness (QED) is 0.200. The summed E-state index contributed by atoms with van der Waals surface area (Å²) in [7, 11) is -3.95. The Morgan fingerprint density at radius 1 is 0.615 bits per heavy atom. The van der Waals surface area contributed by atoms with Crippen LogP contribution >= 0.6 is 0 Å². The maximum absolute atomic E-state index is 11.3. The first-order chi connectivity index (χ1) is 12.4. The summed E-state index contributed by atoms with van der Waals surface area (Å²) >= 11 is 0. The van der Waals surface area contributed by atoms with Gasteiger partial charge in [0.05, 0.1) is 11.4 Å². The van der Waals surface area contributed by atoms with Crippen LogP contribution in [0.4, 0.5) is 0 Å². The summed E-state index contributed by atoms with van der Waals surface area (Å²) in [6, 6.07) is 0. The Labute approximate surface area is 162 Å². The molecule has 158 valence electrons. The van der Waals surface area contributed by atoms with Gasteiger partial charge in [-0.1, -0.05) is 90.9 Å². The fourth-order valence-corrected chi connectivity index (χ4v) is 4.53. The van der Waals surface area contributed by atoms with Crippen LogP contribution in [0.1, 0.15) is 123 Å². The SMILES string of the molecule is CCCCCCCCCCCCCC(O)CCCC(CCC)S(=O)(=O)O. The summed E-state index contributed by atoms with van der Waals surface area (Å²) in [6.45, 7) is 4.17. The second kappa shape index (κ2) is 17.0. The molecule has 0 fully saturated rings. The number of aliphatic hydroxyl groups excluding tert-OH is 1. The van der Waals surface area contributed by atoms with Gasteiger partial charge in [-0.15, -0.1) is 0 Å². The van der Waals surface area contributed by atoms with E-state index in [1.54, 1.807) is 0 Å². The van der Waals surface area contributed by atoms with Crippen molar-refractivity contribution in [3.8, 4) is 0 Å². The molecule has 0 aromatic rings. The number of hydrogen-bond donors (Lipinski definition) is 2. The lowest BCUT2D eigenvalue weighted by Gasteiger charge is -2.14. The second-order valence-corrected chi connectivity index (χ2v) is 9.53. The minimum Gasteiger partial charge on any atom is -0.393 e. The Morgan fingerprint density at radius 3 is 1.54 bits per heavy atom. The van der Waals surface area contributed by atoms with E-state index in [9.17, 15) is 18.1 Å². The smallest absolute Gasteiger partial charge is 0.267 e. The number of rotatable bonds is 19. The predicted octanol–water partition coefficient (Wildman–Crippen LogP) is 6.28. The van der Waals surface area contributed by atoms with Crippen LogP contribution in [-0.4, -0.2) is 29.4 Å². The van der Waals surface area contributed by atoms with Crippen LogP contribution in [0.15, 0.2) is 0 Å². The molecule has 0 aromatic heterocycles. The molecule has 0 aliphatic heterocycles. The van der Waals surface area contributed by atoms with Crippen LogP contribution in [0.25, 0.3) is 0 Å². The van der Waals surface area contributed by atoms with Crippen LogP contribution in [0.3, 0.4) is 0 Å². The van der Waals surface area contributed by atoms with Gasteiger partial charge in [-0.3, -0.25) is 4.55 Å². The third kappa shape index (κ3) is 16.1. The molecule has 0 spiro atoms. The van der Waals surface area contributed by atoms with E-state index in [1.807, 2.05) is 6.92 Å². The molecule has 0 rings (SSSR count). The molecule has 26 heavy (non-hydrogen) atoms. The first-order valence-corrected chi connectivity index (χ1v) is 12.6. The zero-order valence-corrected chi connectivity index (χ0v) is 18.1. The highest BCUT2D eigenvalue weighted by molar-refractivity contribution is 7.86. The molecule has 2 atom stereocenters. The van der Waals surface area contributed by atoms with Gasteiger partial charge in [-0.05, 0) is 32.1 Å². The number of hydrogen-bond acceptors (Lipinski definition) is 3. The van der Waals surface area contributed by atoms with Crippen molar-refractivity contribution in [1.82, 2.24) is 0 Å². The van der Waals surface area contributed by atoms with Gasteiger partial charge < -0.3 is 5.11 Å². The van der Waals surface area contributed by atoms with E-state index in [0.717, 1.165) is 19.3 Å². The summed E-state index contributed by atoms with van der Waals surface area (Å²) in [5.74, 6) is 0. The van der Waals surface area contributed by atoms with E-state index in [0.29, 0.717) is 25.7 Å². The lowest BCUT2D eigenvalue weighted by molar-refractivity contribution is 0.147. The molecule has 0 amide bonds. The van der Waals surface area contributed by atoms with Crippen molar-refractivity contribution >= 4 is 10.1 Å². The molecule has 4 nitrogen and oxygen atoms in total. The average Bonchev–Trinajstić information content (AvgIpc) is 2.58. The third-order valence-electron chi connectivity index (χ3n) is 5.24. The Hall–Kier alpha value is -0.130. The fourth-order valence-electron chi connectivity index (χ4n) is 3.53. The van der Waals surface area contributed by atoms with Crippen LogP contribution < -0.4 is 0 Å². The number of unbranched alkanes of at least 4 members (excludes halogenated alkanes) is 10. The maximum atomic E-state index is 11.3. The van der Waals surface area contributed by atoms with Crippen molar-refractivity contribution < 1.29 is 18.1 Å². The molecule has 0 saturated carbocycles. The summed E-state index contributed by atoms with van der Waals surface area (Å²) in [5, 5.41) is 9.36. The minimum absolute atomic E-state index is 0.336. The number of aliphatic hydroxyl groups is 1. The highest BCUT2D eigenvalue weighted by Crippen LogP contribution is 2.18. The highest BCUT2D eigenvalue weighted by atomic mass is 32.2. The topological polar surface area (TPSA) is 74.6 Å². The van der Waals surface area contributed by atoms with Gasteiger partial charge in [0.2, 0.25) is 0 Å². The van der Waals surface area contributed by atoms with Crippen LogP contribution in [0, 0.1) is 0 Å². The summed E-state index contributed by atoms with van der Waals surface area (Å²) < 4.78 is 31.7. The molecule has 5 heteroatoms. The first-order valence-electron chi connectivity index (χ1n) is 11.1. The van der Waals surface area contributed by atoms with Crippen molar-refractivity contribution in [2.75, 3.05) is 0 Å². The van der Waals surface area contributed by atoms with Gasteiger partial charge in [0.15, 0.2) is 0 Å². The molecule has 2 N–H and O–H groups in total. The molecule has 0 saturated heterocycles. The molecule has 2 unspecified atom stereocenters. The van der Waals surface area contributed by atoms with Crippen LogP contribution in [0.5, 0.6) is 0 Å². The fraction of sp³-hybridized carbons (Fsp3) is 1.00. The van der Waals surface area contributed by atoms with E-state index >= 15 is 0 Å². The van der Waals surface area contributed by atoms with Gasteiger partial charge >= 0.3 is 0 Å². The van der Waals surface area contributed by atoms with Gasteiger partial charge in [-0.2, -0.15) is 8.42 Å². The van der Waals surface area contributed by atoms with Crippen molar-refractivity contribution in [3.05, 3.63) is 0 Å². The van der Waals surface area contributed by atoms with Gasteiger partial charge in [0.1, 0.15) is 0 Å². The van der Waals surface area contributed by atoms with Crippen molar-refractivity contribution in [1.29, 1.82) is 0 Å². The van der Waals surface area contributed by atoms with E-state index in [-0.39, 0.29) is 6.10 Å². The van der Waals surface area contributed by atoms with Gasteiger partial charge in [0, 0.05) is 0 Å². The lowest BCUT2D eigenvalue weighted by Crippen LogP contribution is -2.21. The van der Waals surface area contributed by atoms with Crippen LogP contribution in [-0.2, 0) is 10.1 Å². The minimum atomic E-state index is -3.95. The lowest BCUT2D eigenvalue weighted by atomic mass is 10.0. The van der Waals surface area contributed by atoms with Crippen LogP contribution in [0.2, 0.25) is 0 Å². The normalized spacial score (nSPS) is 14.5. The standard InChI is InChI=1S/C21H44O4S/c1-3-5-6-7-8-9-10-11-12-13-14-17-20(22)18-15-19-21(16-4-2)26(23,24)25/h20-22H,3-19H2,1-2H3,(H,23,24,25). The Morgan fingerprint density at radius 2 is 1.08 bits per heavy atom. The monoisotopic (exact) mass is 392 g/mol. The highest BCUT2D eigenvalue weighted by Gasteiger charge is 2.21. The molecule has 0 aliphatic carbocycles. The molecular weight excluding hydrogens is 348 g/mol. The van der Waals surface area contributed by atoms with Crippen molar-refractivity contribution in [2.24, 2.45) is 0 Å². The summed E-state index contributed by atoms with van der Waals surface area (Å²) in [6.07, 6.45) is 17.8. The Kier molecular flexibility index (Phi) is 16.9. The molecule has 0 radical (unpaired) electrons. The van der Waals surface area contributed by atoms with Gasteiger partial charge in [-0.25, -0.2) is 0 Å². The molecule has 0 aromatic carbocycles. The van der Waals surface area contributed by atoms with Crippen molar-refractivity contribution in [2.45, 2.75) is 134 Å². The Bertz CT molecular complexity index is 395. The summed E-state index contributed by atoms with van der Waals surface area (Å²) in [4.78, 5) is 0. The first kappa shape index (κ1) is 25.9. The third-order valence-corrected chi connectivity index (χ3v) is 6.55. The predicted molar refractivity (Wildman–Crippen MR) is 111 cm³/mol. The van der Waals surface area contributed by atoms with E-state index in [1.165, 1.54) is 64.2 Å². The summed E-state index contributed by atoms with van der Waals surface area (Å²) in [5.41, 5.74) is 0. The maximum Gasteiger partial charge on any atom is 0.267 e. The van der Waals surface area contributed by atoms with E-state index in [2.05, 4.69) is 6.92 Å². The molecule has 0 bridgehead atoms. The average molecular weight is 393 g/mol. The van der Waals surface area contributed by atoms with E-state index < -0.39 is 15.4 Å². The Balaban J connectivity index is 3.50. The molecule has 0 heterocycles. The zero-order valence-electron chi connectivity index (χ0n) is 17.3. The molecule has 0 aliphatic rings. The zero-order chi connectivity index (χ0) is 19.7. The van der Waals surface area contributed by atoms with Gasteiger partial charge in [0.25, 0.3) is 10.1 Å². The van der Waals surface area contributed by atoms with E-state index in [4.69, 9.17) is 0 Å². The largest absolute Gasteiger partial charge is 0.393 e.